The van der Waals surface area contributed by atoms with Crippen LogP contribution in [0.5, 0.6) is 5.75 Å². The number of carbonyl (C=O) groups is 2. The second kappa shape index (κ2) is 8.31. The number of amides is 1. The number of hydrogen-bond acceptors (Lipinski definition) is 5. The van der Waals surface area contributed by atoms with Gasteiger partial charge in [0.25, 0.3) is 5.91 Å². The first-order valence-corrected chi connectivity index (χ1v) is 8.85. The van der Waals surface area contributed by atoms with E-state index in [4.69, 9.17) is 21.4 Å². The van der Waals surface area contributed by atoms with Crippen molar-refractivity contribution >= 4 is 34.8 Å². The number of rotatable bonds is 7. The van der Waals surface area contributed by atoms with Crippen molar-refractivity contribution in [3.63, 3.8) is 0 Å². The Hall–Kier alpha value is -2.12. The number of hydrogen-bond donors (Lipinski definition) is 2. The lowest BCUT2D eigenvalue weighted by Gasteiger charge is -2.17. The van der Waals surface area contributed by atoms with Gasteiger partial charge in [-0.3, -0.25) is 9.59 Å². The zero-order valence-corrected chi connectivity index (χ0v) is 15.6. The summed E-state index contributed by atoms with van der Waals surface area (Å²) in [5.74, 6) is -1.30. The zero-order valence-electron chi connectivity index (χ0n) is 14.1. The normalized spacial score (nSPS) is 13.1. The number of aryl methyl sites for hydroxylation is 1. The lowest BCUT2D eigenvalue weighted by Crippen LogP contribution is -2.39. The van der Waals surface area contributed by atoms with E-state index in [1.165, 1.54) is 11.3 Å². The molecule has 1 amide bonds. The summed E-state index contributed by atoms with van der Waals surface area (Å²) in [4.78, 5) is 28.1. The Morgan fingerprint density at radius 3 is 2.56 bits per heavy atom. The van der Waals surface area contributed by atoms with Crippen molar-refractivity contribution in [2.75, 3.05) is 0 Å². The van der Waals surface area contributed by atoms with Crippen molar-refractivity contribution in [3.8, 4) is 5.75 Å². The third-order valence-corrected chi connectivity index (χ3v) is 5.10. The van der Waals surface area contributed by atoms with Crippen LogP contribution in [0.4, 0.5) is 0 Å². The Bertz CT molecular complexity index is 761. The van der Waals surface area contributed by atoms with Gasteiger partial charge < -0.3 is 15.2 Å². The van der Waals surface area contributed by atoms with Gasteiger partial charge in [-0.25, -0.2) is 4.98 Å². The predicted molar refractivity (Wildman–Crippen MR) is 96.4 cm³/mol. The summed E-state index contributed by atoms with van der Waals surface area (Å²) in [6.07, 6.45) is 0. The Morgan fingerprint density at radius 1 is 1.32 bits per heavy atom. The van der Waals surface area contributed by atoms with Crippen LogP contribution in [0.15, 0.2) is 24.3 Å². The van der Waals surface area contributed by atoms with Crippen LogP contribution in [0.2, 0.25) is 5.02 Å². The molecule has 0 aliphatic carbocycles. The van der Waals surface area contributed by atoms with Gasteiger partial charge in [0.05, 0.1) is 11.6 Å². The van der Waals surface area contributed by atoms with Gasteiger partial charge in [0.15, 0.2) is 0 Å². The topological polar surface area (TPSA) is 88.5 Å². The van der Waals surface area contributed by atoms with Crippen molar-refractivity contribution in [3.05, 3.63) is 44.9 Å². The fourth-order valence-corrected chi connectivity index (χ4v) is 3.02. The van der Waals surface area contributed by atoms with E-state index in [2.05, 4.69) is 10.3 Å². The van der Waals surface area contributed by atoms with Crippen molar-refractivity contribution < 1.29 is 19.4 Å². The lowest BCUT2D eigenvalue weighted by atomic mass is 10.0. The number of nitrogens with one attached hydrogen (secondary N) is 1. The first-order valence-electron chi connectivity index (χ1n) is 7.66. The Morgan fingerprint density at radius 2 is 1.96 bits per heavy atom. The van der Waals surface area contributed by atoms with E-state index in [0.29, 0.717) is 26.4 Å². The average Bonchev–Trinajstić information content (AvgIpc) is 2.94. The molecule has 0 saturated heterocycles. The number of ether oxygens (including phenoxy) is 1. The summed E-state index contributed by atoms with van der Waals surface area (Å²) in [7, 11) is 0. The number of aliphatic carboxylic acids is 1. The van der Waals surface area contributed by atoms with Gasteiger partial charge in [0.2, 0.25) is 0 Å². The van der Waals surface area contributed by atoms with Gasteiger partial charge in [-0.05, 0) is 45.0 Å². The molecule has 6 nitrogen and oxygen atoms in total. The Balaban J connectivity index is 2.00. The van der Waals surface area contributed by atoms with Crippen molar-refractivity contribution in [2.45, 2.75) is 33.4 Å². The van der Waals surface area contributed by atoms with Crippen molar-refractivity contribution in [2.24, 2.45) is 5.92 Å². The number of halogens is 1. The van der Waals surface area contributed by atoms with E-state index >= 15 is 0 Å². The molecule has 1 aromatic carbocycles. The van der Waals surface area contributed by atoms with Crippen LogP contribution in [-0.4, -0.2) is 28.0 Å². The zero-order chi connectivity index (χ0) is 18.6. The minimum absolute atomic E-state index is 0.238. The molecule has 0 saturated carbocycles. The molecule has 2 unspecified atom stereocenters. The summed E-state index contributed by atoms with van der Waals surface area (Å²) in [6.45, 7) is 5.19. The molecule has 25 heavy (non-hydrogen) atoms. The highest BCUT2D eigenvalue weighted by Crippen LogP contribution is 2.22. The maximum atomic E-state index is 12.3. The summed E-state index contributed by atoms with van der Waals surface area (Å²) >= 11 is 7.05. The van der Waals surface area contributed by atoms with Crippen LogP contribution < -0.4 is 10.1 Å². The summed E-state index contributed by atoms with van der Waals surface area (Å²) in [6, 6.07) is 6.48. The Labute approximate surface area is 154 Å². The SMILES string of the molecule is Cc1nc(COc2ccc(Cl)cc2)sc1C(=O)NC(C)C(C)C(=O)O. The van der Waals surface area contributed by atoms with E-state index in [1.807, 2.05) is 0 Å². The number of thiazole rings is 1. The van der Waals surface area contributed by atoms with Crippen LogP contribution in [0.3, 0.4) is 0 Å². The van der Waals surface area contributed by atoms with E-state index in [9.17, 15) is 9.59 Å². The smallest absolute Gasteiger partial charge is 0.308 e. The summed E-state index contributed by atoms with van der Waals surface area (Å²) < 4.78 is 5.63. The fourth-order valence-electron chi connectivity index (χ4n) is 2.01. The number of carboxylic acid groups (broad SMARTS) is 1. The summed E-state index contributed by atoms with van der Waals surface area (Å²) in [5.41, 5.74) is 0.590. The average molecular weight is 383 g/mol. The van der Waals surface area contributed by atoms with E-state index in [-0.39, 0.29) is 12.5 Å². The number of carboxylic acids is 1. The molecule has 2 aromatic rings. The molecule has 0 aliphatic rings. The third kappa shape index (κ3) is 5.17. The van der Waals surface area contributed by atoms with E-state index < -0.39 is 17.9 Å². The molecule has 2 N–H and O–H groups in total. The second-order valence-corrected chi connectivity index (χ2v) is 7.17. The molecular weight excluding hydrogens is 364 g/mol. The molecule has 2 rings (SSSR count). The lowest BCUT2D eigenvalue weighted by molar-refractivity contribution is -0.141. The van der Waals surface area contributed by atoms with E-state index in [0.717, 1.165) is 0 Å². The monoisotopic (exact) mass is 382 g/mol. The van der Waals surface area contributed by atoms with Crippen LogP contribution in [-0.2, 0) is 11.4 Å². The van der Waals surface area contributed by atoms with E-state index in [1.54, 1.807) is 45.0 Å². The van der Waals surface area contributed by atoms with Crippen LogP contribution in [0, 0.1) is 12.8 Å². The second-order valence-electron chi connectivity index (χ2n) is 5.65. The highest BCUT2D eigenvalue weighted by atomic mass is 35.5. The van der Waals surface area contributed by atoms with Gasteiger partial charge >= 0.3 is 5.97 Å². The largest absolute Gasteiger partial charge is 0.486 e. The maximum absolute atomic E-state index is 12.3. The molecule has 1 aromatic heterocycles. The minimum atomic E-state index is -0.953. The first kappa shape index (κ1) is 19.2. The molecular formula is C17H19ClN2O4S. The predicted octanol–water partition coefficient (Wildman–Crippen LogP) is 3.52. The standard InChI is InChI=1S/C17H19ClN2O4S/c1-9(17(22)23)10(2)20-16(21)15-11(3)19-14(25-15)8-24-13-6-4-12(18)5-7-13/h4-7,9-10H,8H2,1-3H3,(H,20,21)(H,22,23). The summed E-state index contributed by atoms with van der Waals surface area (Å²) in [5, 5.41) is 13.0. The number of benzene rings is 1. The molecule has 0 bridgehead atoms. The number of nitrogens with zero attached hydrogens (tertiary/aromatic N) is 1. The van der Waals surface area contributed by atoms with Crippen molar-refractivity contribution in [1.82, 2.24) is 10.3 Å². The molecule has 0 fully saturated rings. The minimum Gasteiger partial charge on any atom is -0.486 e. The van der Waals surface area contributed by atoms with Gasteiger partial charge in [0, 0.05) is 11.1 Å². The molecule has 134 valence electrons. The molecule has 2 atom stereocenters. The fraction of sp³-hybridized carbons (Fsp3) is 0.353. The van der Waals surface area contributed by atoms with Crippen molar-refractivity contribution in [1.29, 1.82) is 0 Å². The number of carbonyl (C=O) groups excluding carboxylic acids is 1. The molecule has 1 heterocycles. The van der Waals surface area contributed by atoms with Gasteiger partial charge in [-0.1, -0.05) is 11.6 Å². The highest BCUT2D eigenvalue weighted by Gasteiger charge is 2.23. The van der Waals surface area contributed by atoms with Gasteiger partial charge in [-0.15, -0.1) is 11.3 Å². The molecule has 0 spiro atoms. The molecule has 0 radical (unpaired) electrons. The highest BCUT2D eigenvalue weighted by molar-refractivity contribution is 7.13. The maximum Gasteiger partial charge on any atom is 0.308 e. The number of aromatic nitrogens is 1. The van der Waals surface area contributed by atoms with Gasteiger partial charge in [-0.2, -0.15) is 0 Å². The first-order chi connectivity index (χ1) is 11.8. The quantitative estimate of drug-likeness (QED) is 0.764. The third-order valence-electron chi connectivity index (χ3n) is 3.72. The Kier molecular flexibility index (Phi) is 6.39. The molecule has 0 aliphatic heterocycles. The van der Waals surface area contributed by atoms with Crippen LogP contribution in [0.1, 0.15) is 34.2 Å². The van der Waals surface area contributed by atoms with Gasteiger partial charge in [0.1, 0.15) is 22.2 Å². The van der Waals surface area contributed by atoms with Crippen LogP contribution in [0.25, 0.3) is 0 Å². The van der Waals surface area contributed by atoms with Crippen LogP contribution >= 0.6 is 22.9 Å². The molecule has 8 heteroatoms.